The third-order valence-corrected chi connectivity index (χ3v) is 16.3. The molecule has 0 saturated carbocycles. The molecule has 0 amide bonds. The molecule has 0 fully saturated rings. The summed E-state index contributed by atoms with van der Waals surface area (Å²) in [6.45, 7) is 48.1. The lowest BCUT2D eigenvalue weighted by Gasteiger charge is -2.35. The molecule has 2 atom stereocenters. The predicted octanol–water partition coefficient (Wildman–Crippen LogP) is 20.4. The number of hydrogen-bond donors (Lipinski definition) is 1. The van der Waals surface area contributed by atoms with Gasteiger partial charge in [-0.2, -0.15) is 10.5 Å². The van der Waals surface area contributed by atoms with Gasteiger partial charge in [-0.1, -0.05) is 186 Å². The quantitative estimate of drug-likeness (QED) is 0.116. The summed E-state index contributed by atoms with van der Waals surface area (Å²) in [5.41, 5.74) is 17.0. The van der Waals surface area contributed by atoms with E-state index < -0.39 is 0 Å². The van der Waals surface area contributed by atoms with E-state index in [1.165, 1.54) is 54.9 Å². The molecule has 2 unspecified atom stereocenters. The fourth-order valence-electron chi connectivity index (χ4n) is 11.7. The van der Waals surface area contributed by atoms with Gasteiger partial charge in [0.05, 0.1) is 68.4 Å². The lowest BCUT2D eigenvalue weighted by atomic mass is 9.76. The van der Waals surface area contributed by atoms with Crippen molar-refractivity contribution in [1.82, 2.24) is 9.13 Å². The monoisotopic (exact) mass is 1030 g/mol. The summed E-state index contributed by atoms with van der Waals surface area (Å²) in [4.78, 5) is 0. The summed E-state index contributed by atoms with van der Waals surface area (Å²) in [5, 5.41) is 30.2. The van der Waals surface area contributed by atoms with Gasteiger partial charge in [-0.25, -0.2) is 0 Å². The molecule has 404 valence electrons. The van der Waals surface area contributed by atoms with Crippen LogP contribution in [0, 0.1) is 39.4 Å². The summed E-state index contributed by atoms with van der Waals surface area (Å²) in [6, 6.07) is 43.0. The number of nitriles is 2. The molecule has 0 aliphatic carbocycles. The Balaban J connectivity index is 1.66. The highest BCUT2D eigenvalue weighted by molar-refractivity contribution is 6.12. The summed E-state index contributed by atoms with van der Waals surface area (Å²) < 4.78 is 4.97. The number of nitrogens with zero attached hydrogens (tertiary/aromatic N) is 4. The van der Waals surface area contributed by atoms with Crippen molar-refractivity contribution in [1.29, 1.82) is 10.5 Å². The summed E-state index contributed by atoms with van der Waals surface area (Å²) in [7, 11) is 0. The smallest absolute Gasteiger partial charge is 0.0992 e. The standard InChI is InChI=1S/C73H87N5/c1-22-50(68(4,5)6)24-29-60(45(3)59(23-2)73(19,20)21)76-67-65(77-61-30-25-51(69(7,8)9)39-55(61)56-40-52(70(10,11)12)26-31-62(56)77)37-49(48-35-46(43-74)34-47(36-48)44-75)38-66(67)78-63-32-27-53(71(13,14)15)41-57(63)58-42-54(72(16,17)18)28-33-64(58)78/h22-42,45,60,76H,1-21H3/b29-24-,50-22+,59-23+. The molecule has 5 nitrogen and oxygen atoms in total. The van der Waals surface area contributed by atoms with Crippen LogP contribution in [0.4, 0.5) is 5.69 Å². The Morgan fingerprint density at radius 2 is 0.808 bits per heavy atom. The van der Waals surface area contributed by atoms with Crippen LogP contribution in [0.15, 0.2) is 139 Å². The maximum absolute atomic E-state index is 10.5. The Labute approximate surface area is 468 Å². The lowest BCUT2D eigenvalue weighted by molar-refractivity contribution is 0.423. The van der Waals surface area contributed by atoms with E-state index in [0.29, 0.717) is 11.1 Å². The van der Waals surface area contributed by atoms with E-state index in [2.05, 4.69) is 281 Å². The highest BCUT2D eigenvalue weighted by Gasteiger charge is 2.32. The van der Waals surface area contributed by atoms with Crippen molar-refractivity contribution in [2.24, 2.45) is 16.7 Å². The van der Waals surface area contributed by atoms with Gasteiger partial charge in [0.15, 0.2) is 0 Å². The second-order valence-electron chi connectivity index (χ2n) is 28.3. The Morgan fingerprint density at radius 3 is 1.09 bits per heavy atom. The second kappa shape index (κ2) is 20.3. The number of hydrogen-bond acceptors (Lipinski definition) is 3. The molecule has 8 aromatic rings. The topological polar surface area (TPSA) is 69.5 Å². The maximum Gasteiger partial charge on any atom is 0.0992 e. The molecule has 2 aromatic heterocycles. The van der Waals surface area contributed by atoms with Gasteiger partial charge in [0.1, 0.15) is 0 Å². The number of aromatic nitrogens is 2. The number of anilines is 1. The Morgan fingerprint density at radius 1 is 0.462 bits per heavy atom. The molecule has 1 N–H and O–H groups in total. The predicted molar refractivity (Wildman–Crippen MR) is 337 cm³/mol. The van der Waals surface area contributed by atoms with Crippen LogP contribution in [-0.4, -0.2) is 15.2 Å². The van der Waals surface area contributed by atoms with Gasteiger partial charge in [0.25, 0.3) is 0 Å². The first-order valence-corrected chi connectivity index (χ1v) is 28.3. The minimum atomic E-state index is -0.190. The van der Waals surface area contributed by atoms with Crippen molar-refractivity contribution in [2.45, 2.75) is 173 Å². The van der Waals surface area contributed by atoms with E-state index in [4.69, 9.17) is 0 Å². The lowest BCUT2D eigenvalue weighted by Crippen LogP contribution is -2.32. The van der Waals surface area contributed by atoms with Crippen LogP contribution in [0.3, 0.4) is 0 Å². The molecule has 78 heavy (non-hydrogen) atoms. The van der Waals surface area contributed by atoms with Crippen molar-refractivity contribution < 1.29 is 0 Å². The highest BCUT2D eigenvalue weighted by atomic mass is 15.1. The molecular weight excluding hydrogens is 947 g/mol. The Hall–Kier alpha value is -7.08. The average Bonchev–Trinajstić information content (AvgIpc) is 4.09. The molecule has 2 heterocycles. The minimum Gasteiger partial charge on any atom is -0.375 e. The molecule has 6 aromatic carbocycles. The largest absolute Gasteiger partial charge is 0.375 e. The van der Waals surface area contributed by atoms with Gasteiger partial charge in [-0.15, -0.1) is 0 Å². The van der Waals surface area contributed by atoms with Crippen LogP contribution in [0.5, 0.6) is 0 Å². The maximum atomic E-state index is 10.5. The first kappa shape index (κ1) is 57.1. The second-order valence-corrected chi connectivity index (χ2v) is 28.3. The number of rotatable bonds is 9. The van der Waals surface area contributed by atoms with Gasteiger partial charge >= 0.3 is 0 Å². The average molecular weight is 1030 g/mol. The highest BCUT2D eigenvalue weighted by Crippen LogP contribution is 2.47. The summed E-state index contributed by atoms with van der Waals surface area (Å²) in [5.74, 6) is 0.0545. The van der Waals surface area contributed by atoms with E-state index in [1.54, 1.807) is 6.07 Å². The minimum absolute atomic E-state index is 0.0545. The zero-order valence-electron chi connectivity index (χ0n) is 51.1. The van der Waals surface area contributed by atoms with Gasteiger partial charge in [-0.3, -0.25) is 0 Å². The van der Waals surface area contributed by atoms with Gasteiger partial charge in [0, 0.05) is 27.5 Å². The fourth-order valence-corrected chi connectivity index (χ4v) is 11.7. The molecule has 8 rings (SSSR count). The molecule has 0 saturated heterocycles. The van der Waals surface area contributed by atoms with Crippen LogP contribution in [-0.2, 0) is 21.7 Å². The molecule has 0 spiro atoms. The van der Waals surface area contributed by atoms with Crippen LogP contribution < -0.4 is 5.32 Å². The van der Waals surface area contributed by atoms with E-state index in [-0.39, 0.29) is 44.4 Å². The zero-order chi connectivity index (χ0) is 57.4. The van der Waals surface area contributed by atoms with Gasteiger partial charge < -0.3 is 14.5 Å². The van der Waals surface area contributed by atoms with Crippen LogP contribution in [0.25, 0.3) is 66.1 Å². The fraction of sp³-hybridized carbons (Fsp3) is 0.397. The Kier molecular flexibility index (Phi) is 14.9. The van der Waals surface area contributed by atoms with Crippen molar-refractivity contribution in [2.75, 3.05) is 5.32 Å². The van der Waals surface area contributed by atoms with Gasteiger partial charge in [0.2, 0.25) is 0 Å². The first-order chi connectivity index (χ1) is 36.2. The van der Waals surface area contributed by atoms with Crippen molar-refractivity contribution >= 4 is 49.3 Å². The van der Waals surface area contributed by atoms with Crippen molar-refractivity contribution in [3.63, 3.8) is 0 Å². The number of nitrogens with one attached hydrogen (secondary N) is 1. The number of allylic oxidation sites excluding steroid dienone is 4. The first-order valence-electron chi connectivity index (χ1n) is 28.3. The normalized spacial score (nSPS) is 14.4. The molecule has 0 aliphatic rings. The summed E-state index contributed by atoms with van der Waals surface area (Å²) >= 11 is 0. The van der Waals surface area contributed by atoms with Gasteiger partial charge in [-0.05, 0) is 164 Å². The molecule has 0 aliphatic heterocycles. The van der Waals surface area contributed by atoms with Crippen LogP contribution in [0.1, 0.15) is 179 Å². The zero-order valence-corrected chi connectivity index (χ0v) is 51.1. The third-order valence-electron chi connectivity index (χ3n) is 16.3. The molecular formula is C73H87N5. The van der Waals surface area contributed by atoms with Crippen LogP contribution in [0.2, 0.25) is 0 Å². The number of fused-ring (bicyclic) bond motifs is 6. The van der Waals surface area contributed by atoms with Crippen molar-refractivity contribution in [3.05, 3.63) is 172 Å². The summed E-state index contributed by atoms with van der Waals surface area (Å²) in [6.07, 6.45) is 9.33. The van der Waals surface area contributed by atoms with Crippen LogP contribution >= 0.6 is 0 Å². The van der Waals surface area contributed by atoms with E-state index >= 15 is 0 Å². The van der Waals surface area contributed by atoms with E-state index in [9.17, 15) is 10.5 Å². The van der Waals surface area contributed by atoms with Crippen molar-refractivity contribution in [3.8, 4) is 34.6 Å². The van der Waals surface area contributed by atoms with E-state index in [0.717, 1.165) is 50.3 Å². The molecule has 0 radical (unpaired) electrons. The molecule has 5 heteroatoms. The Bertz CT molecular complexity index is 3470. The third kappa shape index (κ3) is 11.0. The SMILES string of the molecule is C/C=C(\C=C/C(Nc1c(-n2c3ccc(C(C)(C)C)cc3c3cc(C(C)(C)C)ccc32)cc(-c2cc(C#N)cc(C#N)c2)cc1-n1c2ccc(C(C)(C)C)cc2c2cc(C(C)(C)C)ccc21)C(C)/C(=C\C)C(C)(C)C)C(C)(C)C. The molecule has 0 bridgehead atoms. The number of benzene rings is 6. The van der Waals surface area contributed by atoms with E-state index in [1.807, 2.05) is 12.1 Å².